The lowest BCUT2D eigenvalue weighted by molar-refractivity contribution is -0.192. The molecule has 0 aliphatic carbocycles. The van der Waals surface area contributed by atoms with E-state index in [1.807, 2.05) is 77.7 Å². The van der Waals surface area contributed by atoms with Crippen molar-refractivity contribution in [3.05, 3.63) is 131 Å². The highest BCUT2D eigenvalue weighted by molar-refractivity contribution is 7.89. The van der Waals surface area contributed by atoms with Crippen LogP contribution in [0.15, 0.2) is 114 Å². The van der Waals surface area contributed by atoms with E-state index in [1.54, 1.807) is 29.2 Å². The molecule has 6 rings (SSSR count). The molecule has 0 saturated carbocycles. The number of nitrogens with two attached hydrogens (primary N) is 1. The van der Waals surface area contributed by atoms with Crippen LogP contribution >= 0.6 is 0 Å². The molecule has 0 radical (unpaired) electrons. The van der Waals surface area contributed by atoms with Crippen molar-refractivity contribution in [1.29, 1.82) is 0 Å². The summed E-state index contributed by atoms with van der Waals surface area (Å²) in [6, 6.07) is 31.8. The summed E-state index contributed by atoms with van der Waals surface area (Å²) in [6.45, 7) is 4.54. The predicted molar refractivity (Wildman–Crippen MR) is 221 cm³/mol. The molecule has 2 saturated heterocycles. The molecule has 2 heterocycles. The van der Waals surface area contributed by atoms with Crippen molar-refractivity contribution in [3.63, 3.8) is 0 Å². The Kier molecular flexibility index (Phi) is 16.0. The average Bonchev–Trinajstić information content (AvgIpc) is 3.23. The highest BCUT2D eigenvalue weighted by Gasteiger charge is 2.38. The first-order valence-electron chi connectivity index (χ1n) is 19.8. The first kappa shape index (κ1) is 44.8. The molecule has 314 valence electrons. The normalized spacial score (nSPS) is 15.4. The van der Waals surface area contributed by atoms with Gasteiger partial charge in [-0.25, -0.2) is 18.4 Å². The summed E-state index contributed by atoms with van der Waals surface area (Å²) in [5.74, 6) is -1.26. The van der Waals surface area contributed by atoms with Crippen LogP contribution in [0.3, 0.4) is 0 Å². The number of amides is 2. The maximum absolute atomic E-state index is 13.6. The zero-order chi connectivity index (χ0) is 42.4. The molecule has 2 fully saturated rings. The lowest BCUT2D eigenvalue weighted by Crippen LogP contribution is -2.38. The average molecular weight is 833 g/mol. The summed E-state index contributed by atoms with van der Waals surface area (Å²) in [4.78, 5) is 39.9. The number of nitrogens with zero attached hydrogens (tertiary/aromatic N) is 2. The van der Waals surface area contributed by atoms with Crippen LogP contribution < -0.4 is 10.5 Å². The summed E-state index contributed by atoms with van der Waals surface area (Å²) in [6.07, 6.45) is 6.95. The molecule has 0 spiro atoms. The summed E-state index contributed by atoms with van der Waals surface area (Å²) < 4.78 is 55.3. The number of piperidine rings is 2. The first-order valence-corrected chi connectivity index (χ1v) is 21.3. The lowest BCUT2D eigenvalue weighted by Gasteiger charge is -2.32. The quantitative estimate of drug-likeness (QED) is 0.116. The number of carbonyl (C=O) groups excluding carboxylic acids is 2. The SMILES string of the molecule is NS(=O)(=O)c1ccc(CN(Cc2cccc(-c3cccc(C(=O)N4CCC(CCCC5CCNCC5)CC4)c3)c2)C(=O)/C=C/c2ccccc2)cc1.O=C(O)C(F)(F)F. The van der Waals surface area contributed by atoms with Gasteiger partial charge in [0, 0.05) is 37.8 Å². The number of carbonyl (C=O) groups is 3. The van der Waals surface area contributed by atoms with Crippen LogP contribution in [0, 0.1) is 11.8 Å². The monoisotopic (exact) mass is 832 g/mol. The zero-order valence-electron chi connectivity index (χ0n) is 32.8. The number of nitrogens with one attached hydrogen (secondary N) is 1. The second-order valence-corrected chi connectivity index (χ2v) is 16.6. The smallest absolute Gasteiger partial charge is 0.475 e. The van der Waals surface area contributed by atoms with Crippen molar-refractivity contribution in [3.8, 4) is 11.1 Å². The number of alkyl halides is 3. The minimum atomic E-state index is -5.08. The van der Waals surface area contributed by atoms with Gasteiger partial charge >= 0.3 is 12.1 Å². The van der Waals surface area contributed by atoms with Crippen LogP contribution in [-0.4, -0.2) is 73.5 Å². The molecule has 2 aliphatic rings. The van der Waals surface area contributed by atoms with Gasteiger partial charge in [0.05, 0.1) is 4.90 Å². The number of sulfonamides is 1. The Labute approximate surface area is 344 Å². The van der Waals surface area contributed by atoms with Gasteiger partial charge in [0.1, 0.15) is 0 Å². The Morgan fingerprint density at radius 2 is 1.36 bits per heavy atom. The molecule has 0 unspecified atom stereocenters. The number of hydrogen-bond acceptors (Lipinski definition) is 6. The number of hydrogen-bond donors (Lipinski definition) is 3. The Morgan fingerprint density at radius 1 is 0.780 bits per heavy atom. The van der Waals surface area contributed by atoms with Gasteiger partial charge in [0.15, 0.2) is 0 Å². The number of rotatable bonds is 13. The fraction of sp³-hybridized carbons (Fsp3) is 0.356. The van der Waals surface area contributed by atoms with Crippen molar-refractivity contribution in [2.45, 2.75) is 69.1 Å². The molecular formula is C45H51F3N4O6S. The largest absolute Gasteiger partial charge is 0.490 e. The van der Waals surface area contributed by atoms with Gasteiger partial charge in [0.2, 0.25) is 15.9 Å². The lowest BCUT2D eigenvalue weighted by atomic mass is 9.87. The standard InChI is InChI=1S/C43H50N4O4S.C2HF3O2/c44-52(50,51)41-18-15-36(16-19-41)31-47(42(48)20-17-33-7-2-1-3-8-33)32-37-11-5-12-38(29-37)39-13-6-14-40(30-39)43(49)46-27-23-35(24-28-46)10-4-9-34-21-25-45-26-22-34;3-2(4,5)1(6)7/h1-3,5-8,11-20,29-30,34-35,45H,4,9-10,21-28,31-32H2,(H2,44,50,51);(H,6,7)/b20-17+;. The molecule has 0 atom stereocenters. The van der Waals surface area contributed by atoms with Crippen LogP contribution in [0.1, 0.15) is 72.0 Å². The highest BCUT2D eigenvalue weighted by Crippen LogP contribution is 2.28. The third kappa shape index (κ3) is 14.2. The molecule has 10 nitrogen and oxygen atoms in total. The fourth-order valence-corrected chi connectivity index (χ4v) is 7.94. The summed E-state index contributed by atoms with van der Waals surface area (Å²) >= 11 is 0. The van der Waals surface area contributed by atoms with E-state index in [9.17, 15) is 31.2 Å². The van der Waals surface area contributed by atoms with Crippen LogP contribution in [0.25, 0.3) is 17.2 Å². The van der Waals surface area contributed by atoms with E-state index in [1.165, 1.54) is 44.2 Å². The molecule has 14 heteroatoms. The highest BCUT2D eigenvalue weighted by atomic mass is 32.2. The fourth-order valence-electron chi connectivity index (χ4n) is 7.43. The Balaban J connectivity index is 0.000000867. The van der Waals surface area contributed by atoms with Gasteiger partial charge in [-0.05, 0) is 115 Å². The van der Waals surface area contributed by atoms with Crippen LogP contribution in [0.5, 0.6) is 0 Å². The van der Waals surface area contributed by atoms with Crippen LogP contribution in [0.4, 0.5) is 13.2 Å². The third-order valence-corrected chi connectivity index (χ3v) is 11.7. The van der Waals surface area contributed by atoms with Gasteiger partial charge in [-0.15, -0.1) is 0 Å². The number of likely N-dealkylation sites (tertiary alicyclic amines) is 1. The van der Waals surface area contributed by atoms with E-state index < -0.39 is 22.2 Å². The number of primary sulfonamides is 1. The molecule has 2 amide bonds. The van der Waals surface area contributed by atoms with Gasteiger partial charge in [-0.1, -0.05) is 92.1 Å². The molecule has 4 N–H and O–H groups in total. The molecule has 4 aromatic rings. The summed E-state index contributed by atoms with van der Waals surface area (Å²) in [7, 11) is -3.82. The van der Waals surface area contributed by atoms with Crippen LogP contribution in [-0.2, 0) is 32.7 Å². The van der Waals surface area contributed by atoms with Crippen molar-refractivity contribution in [2.24, 2.45) is 17.0 Å². The van der Waals surface area contributed by atoms with Crippen molar-refractivity contribution >= 4 is 33.9 Å². The van der Waals surface area contributed by atoms with E-state index in [2.05, 4.69) is 11.4 Å². The maximum Gasteiger partial charge on any atom is 0.490 e. The van der Waals surface area contributed by atoms with Gasteiger partial charge in [-0.2, -0.15) is 13.2 Å². The van der Waals surface area contributed by atoms with Gasteiger partial charge in [0.25, 0.3) is 5.91 Å². The molecular weight excluding hydrogens is 782 g/mol. The number of benzene rings is 4. The van der Waals surface area contributed by atoms with E-state index >= 15 is 0 Å². The van der Waals surface area contributed by atoms with Gasteiger partial charge in [-0.3, -0.25) is 9.59 Å². The second-order valence-electron chi connectivity index (χ2n) is 15.1. The minimum absolute atomic E-state index is 0.0225. The number of carboxylic acids is 1. The van der Waals surface area contributed by atoms with E-state index in [0.717, 1.165) is 72.8 Å². The molecule has 59 heavy (non-hydrogen) atoms. The number of aliphatic carboxylic acids is 1. The minimum Gasteiger partial charge on any atom is -0.475 e. The van der Waals surface area contributed by atoms with Crippen LogP contribution in [0.2, 0.25) is 0 Å². The predicted octanol–water partition coefficient (Wildman–Crippen LogP) is 7.90. The molecule has 4 aromatic carbocycles. The molecule has 2 aliphatic heterocycles. The van der Waals surface area contributed by atoms with E-state index in [0.29, 0.717) is 18.0 Å². The topological polar surface area (TPSA) is 150 Å². The van der Waals surface area contributed by atoms with E-state index in [4.69, 9.17) is 15.0 Å². The van der Waals surface area contributed by atoms with Gasteiger partial charge < -0.3 is 20.2 Å². The first-order chi connectivity index (χ1) is 28.2. The Hall–Kier alpha value is -5.31. The summed E-state index contributed by atoms with van der Waals surface area (Å²) in [5, 5.41) is 15.9. The molecule has 0 aromatic heterocycles. The maximum atomic E-state index is 13.6. The third-order valence-electron chi connectivity index (χ3n) is 10.7. The summed E-state index contributed by atoms with van der Waals surface area (Å²) in [5.41, 5.74) is 5.22. The van der Waals surface area contributed by atoms with Crippen molar-refractivity contribution in [2.75, 3.05) is 26.2 Å². The van der Waals surface area contributed by atoms with Crippen molar-refractivity contribution < 1.29 is 41.1 Å². The Morgan fingerprint density at radius 3 is 1.97 bits per heavy atom. The van der Waals surface area contributed by atoms with Crippen molar-refractivity contribution in [1.82, 2.24) is 15.1 Å². The number of carboxylic acid groups (broad SMARTS) is 1. The van der Waals surface area contributed by atoms with E-state index in [-0.39, 0.29) is 23.3 Å². The second kappa shape index (κ2) is 21.1. The molecule has 0 bridgehead atoms. The number of halogens is 3. The zero-order valence-corrected chi connectivity index (χ0v) is 33.6. The Bertz CT molecular complexity index is 2150.